The first-order valence-corrected chi connectivity index (χ1v) is 5.86. The molecule has 1 N–H and O–H groups in total. The van der Waals surface area contributed by atoms with E-state index in [-0.39, 0.29) is 12.5 Å². The Bertz CT molecular complexity index is 374. The predicted octanol–water partition coefficient (Wildman–Crippen LogP) is 1.53. The fourth-order valence-corrected chi connectivity index (χ4v) is 1.64. The summed E-state index contributed by atoms with van der Waals surface area (Å²) in [6.07, 6.45) is 2.58. The SMILES string of the molecule is Cc1nc(C)c(C(=O)N(C)CCCCCO)o1. The number of carbonyl (C=O) groups excluding carboxylic acids is 1. The van der Waals surface area contributed by atoms with Crippen molar-refractivity contribution < 1.29 is 14.3 Å². The molecule has 5 nitrogen and oxygen atoms in total. The summed E-state index contributed by atoms with van der Waals surface area (Å²) in [6, 6.07) is 0. The maximum absolute atomic E-state index is 12.0. The first-order valence-electron chi connectivity index (χ1n) is 5.86. The second-order valence-electron chi connectivity index (χ2n) is 4.16. The summed E-state index contributed by atoms with van der Waals surface area (Å²) in [5, 5.41) is 8.65. The Kier molecular flexibility index (Phi) is 5.15. The summed E-state index contributed by atoms with van der Waals surface area (Å²) in [6.45, 7) is 4.37. The number of carbonyl (C=O) groups is 1. The molecule has 1 amide bonds. The highest BCUT2D eigenvalue weighted by Crippen LogP contribution is 2.12. The molecular formula is C12H20N2O3. The minimum absolute atomic E-state index is 0.132. The predicted molar refractivity (Wildman–Crippen MR) is 63.9 cm³/mol. The van der Waals surface area contributed by atoms with Crippen LogP contribution in [0.5, 0.6) is 0 Å². The molecule has 1 aromatic heterocycles. The van der Waals surface area contributed by atoms with Gasteiger partial charge in [-0.3, -0.25) is 4.79 Å². The number of aromatic nitrogens is 1. The third-order valence-corrected chi connectivity index (χ3v) is 2.60. The third-order valence-electron chi connectivity index (χ3n) is 2.60. The molecule has 0 radical (unpaired) electrons. The molecule has 1 rings (SSSR count). The van der Waals surface area contributed by atoms with E-state index >= 15 is 0 Å². The van der Waals surface area contributed by atoms with Crippen LogP contribution in [0.15, 0.2) is 4.42 Å². The minimum atomic E-state index is -0.132. The highest BCUT2D eigenvalue weighted by molar-refractivity contribution is 5.92. The van der Waals surface area contributed by atoms with Crippen molar-refractivity contribution in [2.75, 3.05) is 20.2 Å². The lowest BCUT2D eigenvalue weighted by Gasteiger charge is -2.15. The van der Waals surface area contributed by atoms with E-state index in [1.165, 1.54) is 0 Å². The Morgan fingerprint density at radius 2 is 2.06 bits per heavy atom. The Morgan fingerprint density at radius 1 is 1.35 bits per heavy atom. The van der Waals surface area contributed by atoms with Crippen LogP contribution in [0.3, 0.4) is 0 Å². The largest absolute Gasteiger partial charge is 0.436 e. The fourth-order valence-electron chi connectivity index (χ4n) is 1.64. The number of amides is 1. The van der Waals surface area contributed by atoms with E-state index in [2.05, 4.69) is 4.98 Å². The van der Waals surface area contributed by atoms with Gasteiger partial charge in [0.15, 0.2) is 5.89 Å². The minimum Gasteiger partial charge on any atom is -0.436 e. The first-order chi connectivity index (χ1) is 8.06. The van der Waals surface area contributed by atoms with Gasteiger partial charge in [-0.05, 0) is 26.2 Å². The van der Waals surface area contributed by atoms with Gasteiger partial charge in [-0.25, -0.2) is 4.98 Å². The summed E-state index contributed by atoms with van der Waals surface area (Å²) in [7, 11) is 1.75. The van der Waals surface area contributed by atoms with Crippen molar-refractivity contribution >= 4 is 5.91 Å². The number of oxazole rings is 1. The number of aryl methyl sites for hydroxylation is 2. The maximum Gasteiger partial charge on any atom is 0.291 e. The average molecular weight is 240 g/mol. The Hall–Kier alpha value is -1.36. The molecule has 0 bridgehead atoms. The number of hydrogen-bond donors (Lipinski definition) is 1. The van der Waals surface area contributed by atoms with E-state index in [0.717, 1.165) is 19.3 Å². The van der Waals surface area contributed by atoms with E-state index in [1.807, 2.05) is 0 Å². The van der Waals surface area contributed by atoms with Gasteiger partial charge in [0.2, 0.25) is 5.76 Å². The molecule has 0 aliphatic heterocycles. The van der Waals surface area contributed by atoms with E-state index in [9.17, 15) is 4.79 Å². The van der Waals surface area contributed by atoms with E-state index in [0.29, 0.717) is 23.9 Å². The van der Waals surface area contributed by atoms with Gasteiger partial charge in [0.25, 0.3) is 5.91 Å². The lowest BCUT2D eigenvalue weighted by Crippen LogP contribution is -2.28. The molecule has 0 spiro atoms. The molecule has 0 aromatic carbocycles. The normalized spacial score (nSPS) is 10.6. The molecule has 0 aliphatic rings. The van der Waals surface area contributed by atoms with Crippen LogP contribution in [0.4, 0.5) is 0 Å². The summed E-state index contributed by atoms with van der Waals surface area (Å²) in [5.74, 6) is 0.707. The van der Waals surface area contributed by atoms with E-state index in [1.54, 1.807) is 25.8 Å². The molecule has 1 aromatic rings. The Morgan fingerprint density at radius 3 is 2.59 bits per heavy atom. The highest BCUT2D eigenvalue weighted by Gasteiger charge is 2.19. The summed E-state index contributed by atoms with van der Waals surface area (Å²) in [4.78, 5) is 17.7. The van der Waals surface area contributed by atoms with Gasteiger partial charge in [-0.1, -0.05) is 0 Å². The second kappa shape index (κ2) is 6.39. The molecule has 0 fully saturated rings. The molecule has 5 heteroatoms. The average Bonchev–Trinajstić information content (AvgIpc) is 2.62. The van der Waals surface area contributed by atoms with Gasteiger partial charge in [-0.15, -0.1) is 0 Å². The summed E-state index contributed by atoms with van der Waals surface area (Å²) >= 11 is 0. The molecular weight excluding hydrogens is 220 g/mol. The van der Waals surface area contributed by atoms with Gasteiger partial charge in [0, 0.05) is 27.1 Å². The summed E-state index contributed by atoms with van der Waals surface area (Å²) < 4.78 is 5.28. The first kappa shape index (κ1) is 13.7. The Labute approximate surface area is 101 Å². The van der Waals surface area contributed by atoms with Crippen molar-refractivity contribution in [1.29, 1.82) is 0 Å². The zero-order valence-corrected chi connectivity index (χ0v) is 10.7. The molecule has 1 heterocycles. The van der Waals surface area contributed by atoms with Gasteiger partial charge in [0.05, 0.1) is 5.69 Å². The van der Waals surface area contributed by atoms with Crippen LogP contribution in [0.1, 0.15) is 41.4 Å². The van der Waals surface area contributed by atoms with Crippen LogP contribution in [0, 0.1) is 13.8 Å². The van der Waals surface area contributed by atoms with Crippen LogP contribution < -0.4 is 0 Å². The quantitative estimate of drug-likeness (QED) is 0.766. The molecule has 0 saturated carbocycles. The monoisotopic (exact) mass is 240 g/mol. The lowest BCUT2D eigenvalue weighted by molar-refractivity contribution is 0.0758. The number of aliphatic hydroxyl groups excluding tert-OH is 1. The molecule has 0 saturated heterocycles. The third kappa shape index (κ3) is 3.85. The van der Waals surface area contributed by atoms with Crippen LogP contribution in [-0.4, -0.2) is 41.1 Å². The summed E-state index contributed by atoms with van der Waals surface area (Å²) in [5.41, 5.74) is 0.634. The van der Waals surface area contributed by atoms with Crippen molar-refractivity contribution in [3.05, 3.63) is 17.3 Å². The number of nitrogens with zero attached hydrogens (tertiary/aromatic N) is 2. The van der Waals surface area contributed by atoms with Gasteiger partial charge in [-0.2, -0.15) is 0 Å². The standard InChI is InChI=1S/C12H20N2O3/c1-9-11(17-10(2)13-9)12(16)14(3)7-5-4-6-8-15/h15H,4-8H2,1-3H3. The number of rotatable bonds is 6. The van der Waals surface area contributed by atoms with Gasteiger partial charge in [0.1, 0.15) is 0 Å². The molecule has 17 heavy (non-hydrogen) atoms. The zero-order chi connectivity index (χ0) is 12.8. The number of aliphatic hydroxyl groups is 1. The van der Waals surface area contributed by atoms with Crippen LogP contribution in [0.25, 0.3) is 0 Å². The molecule has 96 valence electrons. The van der Waals surface area contributed by atoms with Gasteiger partial charge < -0.3 is 14.4 Å². The highest BCUT2D eigenvalue weighted by atomic mass is 16.4. The van der Waals surface area contributed by atoms with Gasteiger partial charge >= 0.3 is 0 Å². The van der Waals surface area contributed by atoms with Crippen molar-refractivity contribution in [3.8, 4) is 0 Å². The van der Waals surface area contributed by atoms with E-state index in [4.69, 9.17) is 9.52 Å². The topological polar surface area (TPSA) is 66.6 Å². The molecule has 0 aliphatic carbocycles. The Balaban J connectivity index is 2.49. The van der Waals surface area contributed by atoms with Crippen molar-refractivity contribution in [2.45, 2.75) is 33.1 Å². The molecule has 0 atom stereocenters. The van der Waals surface area contributed by atoms with Crippen molar-refractivity contribution in [1.82, 2.24) is 9.88 Å². The fraction of sp³-hybridized carbons (Fsp3) is 0.667. The van der Waals surface area contributed by atoms with Crippen LogP contribution >= 0.6 is 0 Å². The smallest absolute Gasteiger partial charge is 0.291 e. The maximum atomic E-state index is 12.0. The van der Waals surface area contributed by atoms with E-state index < -0.39 is 0 Å². The van der Waals surface area contributed by atoms with Crippen molar-refractivity contribution in [2.24, 2.45) is 0 Å². The number of hydrogen-bond acceptors (Lipinski definition) is 4. The lowest BCUT2D eigenvalue weighted by atomic mass is 10.2. The zero-order valence-electron chi connectivity index (χ0n) is 10.7. The number of unbranched alkanes of at least 4 members (excludes halogenated alkanes) is 2. The molecule has 0 unspecified atom stereocenters. The van der Waals surface area contributed by atoms with Crippen LogP contribution in [0.2, 0.25) is 0 Å². The van der Waals surface area contributed by atoms with Crippen molar-refractivity contribution in [3.63, 3.8) is 0 Å². The van der Waals surface area contributed by atoms with Crippen LogP contribution in [-0.2, 0) is 0 Å². The second-order valence-corrected chi connectivity index (χ2v) is 4.16.